The highest BCUT2D eigenvalue weighted by molar-refractivity contribution is 7.92. The zero-order valence-electron chi connectivity index (χ0n) is 13.1. The molecule has 0 bridgehead atoms. The molecule has 0 atom stereocenters. The van der Waals surface area contributed by atoms with E-state index in [1.165, 1.54) is 12.1 Å². The van der Waals surface area contributed by atoms with Crippen LogP contribution in [0.2, 0.25) is 0 Å². The first kappa shape index (κ1) is 16.9. The van der Waals surface area contributed by atoms with Gasteiger partial charge in [-0.2, -0.15) is 0 Å². The van der Waals surface area contributed by atoms with Gasteiger partial charge in [-0.3, -0.25) is 4.72 Å². The van der Waals surface area contributed by atoms with Crippen molar-refractivity contribution in [1.29, 1.82) is 0 Å². The second-order valence-electron chi connectivity index (χ2n) is 5.18. The van der Waals surface area contributed by atoms with Crippen LogP contribution in [-0.4, -0.2) is 24.9 Å². The van der Waals surface area contributed by atoms with Gasteiger partial charge in [0.15, 0.2) is 18.2 Å². The highest BCUT2D eigenvalue weighted by atomic mass is 32.2. The van der Waals surface area contributed by atoms with Gasteiger partial charge in [-0.15, -0.1) is 10.2 Å². The summed E-state index contributed by atoms with van der Waals surface area (Å²) < 4.78 is 49.2. The monoisotopic (exact) mass is 363 g/mol. The number of nitrogens with zero attached hydrogens (tertiary/aromatic N) is 2. The Hall–Kier alpha value is -2.94. The van der Waals surface area contributed by atoms with Crippen molar-refractivity contribution >= 4 is 15.7 Å². The molecule has 3 rings (SSSR count). The molecule has 1 heterocycles. The summed E-state index contributed by atoms with van der Waals surface area (Å²) in [6.07, 6.45) is 0.981. The van der Waals surface area contributed by atoms with Gasteiger partial charge in [-0.05, 0) is 24.3 Å². The summed E-state index contributed by atoms with van der Waals surface area (Å²) in [4.78, 5) is 0. The van der Waals surface area contributed by atoms with Crippen molar-refractivity contribution in [3.8, 4) is 17.2 Å². The number of aromatic nitrogens is 2. The molecule has 7 nitrogen and oxygen atoms in total. The first-order chi connectivity index (χ1) is 11.9. The molecular weight excluding hydrogens is 349 g/mol. The van der Waals surface area contributed by atoms with E-state index in [9.17, 15) is 12.8 Å². The van der Waals surface area contributed by atoms with Crippen LogP contribution in [0.4, 0.5) is 10.1 Å². The van der Waals surface area contributed by atoms with Crippen LogP contribution in [0.3, 0.4) is 0 Å². The van der Waals surface area contributed by atoms with E-state index in [2.05, 4.69) is 14.9 Å². The summed E-state index contributed by atoms with van der Waals surface area (Å²) in [6.45, 7) is -0.115. The fraction of sp³-hybridized carbons (Fsp3) is 0.125. The van der Waals surface area contributed by atoms with Crippen LogP contribution < -0.4 is 9.46 Å². The van der Waals surface area contributed by atoms with Gasteiger partial charge in [0.2, 0.25) is 15.9 Å². The molecule has 0 aliphatic heterocycles. The Morgan fingerprint density at radius 2 is 1.92 bits per heavy atom. The quantitative estimate of drug-likeness (QED) is 0.724. The number of benzene rings is 2. The van der Waals surface area contributed by atoms with Gasteiger partial charge < -0.3 is 9.15 Å². The van der Waals surface area contributed by atoms with Crippen LogP contribution >= 0.6 is 0 Å². The zero-order chi connectivity index (χ0) is 17.9. The molecule has 0 saturated heterocycles. The molecule has 0 saturated carbocycles. The number of ether oxygens (including phenoxy) is 1. The number of hydrogen-bond acceptors (Lipinski definition) is 6. The van der Waals surface area contributed by atoms with Gasteiger partial charge in [0.25, 0.3) is 5.89 Å². The van der Waals surface area contributed by atoms with Crippen LogP contribution in [0.15, 0.2) is 52.9 Å². The van der Waals surface area contributed by atoms with Gasteiger partial charge in [-0.25, -0.2) is 12.8 Å². The minimum Gasteiger partial charge on any atom is -0.481 e. The molecule has 0 amide bonds. The first-order valence-corrected chi connectivity index (χ1v) is 9.08. The summed E-state index contributed by atoms with van der Waals surface area (Å²) in [6, 6.07) is 12.9. The normalized spacial score (nSPS) is 11.3. The molecule has 3 aromatic rings. The van der Waals surface area contributed by atoms with E-state index in [0.717, 1.165) is 17.9 Å². The molecule has 0 aliphatic rings. The lowest BCUT2D eigenvalue weighted by atomic mass is 10.2. The summed E-state index contributed by atoms with van der Waals surface area (Å²) in [7, 11) is -3.48. The molecule has 0 fully saturated rings. The Labute approximate surface area is 143 Å². The highest BCUT2D eigenvalue weighted by Gasteiger charge is 2.11. The minimum absolute atomic E-state index is 0.0569. The van der Waals surface area contributed by atoms with E-state index in [4.69, 9.17) is 9.15 Å². The third-order valence-electron chi connectivity index (χ3n) is 3.07. The molecule has 1 aromatic heterocycles. The molecule has 25 heavy (non-hydrogen) atoms. The topological polar surface area (TPSA) is 94.3 Å². The van der Waals surface area contributed by atoms with Crippen molar-refractivity contribution in [3.05, 3.63) is 60.2 Å². The zero-order valence-corrected chi connectivity index (χ0v) is 14.0. The minimum atomic E-state index is -3.48. The Bertz CT molecular complexity index is 974. The van der Waals surface area contributed by atoms with Crippen LogP contribution in [-0.2, 0) is 16.6 Å². The molecular formula is C16H14FN3O4S. The average molecular weight is 363 g/mol. The molecule has 0 radical (unpaired) electrons. The maximum atomic E-state index is 14.0. The highest BCUT2D eigenvalue weighted by Crippen LogP contribution is 2.23. The van der Waals surface area contributed by atoms with Crippen molar-refractivity contribution in [3.63, 3.8) is 0 Å². The summed E-state index contributed by atoms with van der Waals surface area (Å²) in [5.41, 5.74) is 0.875. The summed E-state index contributed by atoms with van der Waals surface area (Å²) in [5.74, 6) is -0.237. The fourth-order valence-corrected chi connectivity index (χ4v) is 2.60. The SMILES string of the molecule is CS(=O)(=O)Nc1ccc(OCc2nnc(-c3ccccc3)o2)c(F)c1. The standard InChI is InChI=1S/C16H14FN3O4S/c1-25(21,22)20-12-7-8-14(13(17)9-12)23-10-15-18-19-16(24-15)11-5-3-2-4-6-11/h2-9,20H,10H2,1H3. The van der Waals surface area contributed by atoms with Gasteiger partial charge in [0.05, 0.1) is 11.9 Å². The van der Waals surface area contributed by atoms with E-state index in [-0.39, 0.29) is 23.9 Å². The number of sulfonamides is 1. The Morgan fingerprint density at radius 3 is 2.60 bits per heavy atom. The number of halogens is 1. The van der Waals surface area contributed by atoms with Gasteiger partial charge >= 0.3 is 0 Å². The molecule has 2 aromatic carbocycles. The molecule has 1 N–H and O–H groups in total. The van der Waals surface area contributed by atoms with Gasteiger partial charge in [0, 0.05) is 11.6 Å². The van der Waals surface area contributed by atoms with E-state index in [1.54, 1.807) is 0 Å². The largest absolute Gasteiger partial charge is 0.481 e. The predicted molar refractivity (Wildman–Crippen MR) is 88.9 cm³/mol. The second-order valence-corrected chi connectivity index (χ2v) is 6.92. The van der Waals surface area contributed by atoms with E-state index in [1.807, 2.05) is 30.3 Å². The Kier molecular flexibility index (Phi) is 4.66. The molecule has 0 spiro atoms. The second kappa shape index (κ2) is 6.89. The van der Waals surface area contributed by atoms with Crippen LogP contribution in [0.5, 0.6) is 5.75 Å². The maximum Gasteiger partial charge on any atom is 0.254 e. The lowest BCUT2D eigenvalue weighted by Gasteiger charge is -2.08. The van der Waals surface area contributed by atoms with Crippen LogP contribution in [0.1, 0.15) is 5.89 Å². The van der Waals surface area contributed by atoms with Crippen LogP contribution in [0.25, 0.3) is 11.5 Å². The van der Waals surface area contributed by atoms with E-state index in [0.29, 0.717) is 5.89 Å². The number of anilines is 1. The van der Waals surface area contributed by atoms with Crippen LogP contribution in [0, 0.1) is 5.82 Å². The fourth-order valence-electron chi connectivity index (χ4n) is 2.04. The van der Waals surface area contributed by atoms with E-state index >= 15 is 0 Å². The maximum absolute atomic E-state index is 14.0. The lowest BCUT2D eigenvalue weighted by Crippen LogP contribution is -2.09. The number of hydrogen-bond donors (Lipinski definition) is 1. The molecule has 0 aliphatic carbocycles. The Morgan fingerprint density at radius 1 is 1.16 bits per heavy atom. The van der Waals surface area contributed by atoms with Crippen molar-refractivity contribution in [2.45, 2.75) is 6.61 Å². The molecule has 9 heteroatoms. The van der Waals surface area contributed by atoms with Crippen molar-refractivity contribution in [1.82, 2.24) is 10.2 Å². The van der Waals surface area contributed by atoms with Crippen molar-refractivity contribution in [2.24, 2.45) is 0 Å². The third-order valence-corrected chi connectivity index (χ3v) is 3.68. The van der Waals surface area contributed by atoms with Crippen molar-refractivity contribution < 1.29 is 22.0 Å². The Balaban J connectivity index is 1.67. The lowest BCUT2D eigenvalue weighted by molar-refractivity contribution is 0.253. The molecule has 0 unspecified atom stereocenters. The predicted octanol–water partition coefficient (Wildman–Crippen LogP) is 2.83. The van der Waals surface area contributed by atoms with Gasteiger partial charge in [-0.1, -0.05) is 18.2 Å². The summed E-state index contributed by atoms with van der Waals surface area (Å²) in [5, 5.41) is 7.76. The van der Waals surface area contributed by atoms with Gasteiger partial charge in [0.1, 0.15) is 0 Å². The third kappa shape index (κ3) is 4.54. The van der Waals surface area contributed by atoms with E-state index < -0.39 is 15.8 Å². The first-order valence-electron chi connectivity index (χ1n) is 7.19. The summed E-state index contributed by atoms with van der Waals surface area (Å²) >= 11 is 0. The average Bonchev–Trinajstić information content (AvgIpc) is 3.02. The van der Waals surface area contributed by atoms with Crippen molar-refractivity contribution in [2.75, 3.05) is 11.0 Å². The number of nitrogens with one attached hydrogen (secondary N) is 1. The number of rotatable bonds is 6. The molecule has 130 valence electrons. The smallest absolute Gasteiger partial charge is 0.254 e.